The van der Waals surface area contributed by atoms with E-state index in [9.17, 15) is 23.5 Å². The van der Waals surface area contributed by atoms with Gasteiger partial charge in [0.05, 0.1) is 12.1 Å². The highest BCUT2D eigenvalue weighted by atomic mass is 19.1. The summed E-state index contributed by atoms with van der Waals surface area (Å²) in [7, 11) is 0. The number of hydrogen-bond acceptors (Lipinski definition) is 3. The van der Waals surface area contributed by atoms with Gasteiger partial charge in [-0.25, -0.2) is 13.6 Å². The van der Waals surface area contributed by atoms with Crippen molar-refractivity contribution in [3.8, 4) is 0 Å². The lowest BCUT2D eigenvalue weighted by Gasteiger charge is -2.29. The van der Waals surface area contributed by atoms with E-state index in [4.69, 9.17) is 0 Å². The highest BCUT2D eigenvalue weighted by molar-refractivity contribution is 5.89. The summed E-state index contributed by atoms with van der Waals surface area (Å²) in [5, 5.41) is 15.4. The van der Waals surface area contributed by atoms with Crippen molar-refractivity contribution in [2.75, 3.05) is 11.9 Å². The molecule has 8 heteroatoms. The summed E-state index contributed by atoms with van der Waals surface area (Å²) in [6.45, 7) is 3.86. The van der Waals surface area contributed by atoms with E-state index in [0.717, 1.165) is 31.7 Å². The first kappa shape index (κ1) is 24.1. The first-order valence-corrected chi connectivity index (χ1v) is 11.7. The van der Waals surface area contributed by atoms with Gasteiger partial charge >= 0.3 is 6.03 Å². The number of carbonyl (C=O) groups is 2. The number of aliphatic hydroxyl groups is 1. The summed E-state index contributed by atoms with van der Waals surface area (Å²) < 4.78 is 27.4. The highest BCUT2D eigenvalue weighted by Gasteiger charge is 2.29. The lowest BCUT2D eigenvalue weighted by atomic mass is 9.78. The summed E-state index contributed by atoms with van der Waals surface area (Å²) >= 11 is 0. The molecule has 0 saturated heterocycles. The van der Waals surface area contributed by atoms with E-state index >= 15 is 0 Å². The maximum Gasteiger partial charge on any atom is 0.322 e. The Bertz CT molecular complexity index is 1060. The Morgan fingerprint density at radius 2 is 1.74 bits per heavy atom. The Balaban J connectivity index is 1.27. The summed E-state index contributed by atoms with van der Waals surface area (Å²) in [5.41, 5.74) is 1.73. The molecule has 0 unspecified atom stereocenters. The van der Waals surface area contributed by atoms with Crippen molar-refractivity contribution in [2.45, 2.75) is 64.1 Å². The van der Waals surface area contributed by atoms with Gasteiger partial charge in [0.25, 0.3) is 0 Å². The number of fused-ring (bicyclic) bond motifs is 1. The molecule has 2 aromatic carbocycles. The maximum atomic E-state index is 14.0. The van der Waals surface area contributed by atoms with Gasteiger partial charge < -0.3 is 20.6 Å². The Labute approximate surface area is 198 Å². The van der Waals surface area contributed by atoms with Crippen LogP contribution >= 0.6 is 0 Å². The molecule has 1 heterocycles. The molecule has 182 valence electrons. The minimum Gasteiger partial charge on any atom is -0.389 e. The predicted octanol–water partition coefficient (Wildman–Crippen LogP) is 4.67. The molecule has 0 aromatic heterocycles. The van der Waals surface area contributed by atoms with Crippen LogP contribution in [0.2, 0.25) is 0 Å². The number of nitrogens with one attached hydrogen (secondary N) is 2. The van der Waals surface area contributed by atoms with Crippen LogP contribution in [0.1, 0.15) is 62.1 Å². The SMILES string of the molecule is CC(C)(O)CNC(=O)C1CCC(c2ccc(NC(=O)N3Cc4cc(F)cc(F)c4C3)cc2)CC1. The second-order valence-corrected chi connectivity index (χ2v) is 10.0. The minimum atomic E-state index is -0.920. The van der Waals surface area contributed by atoms with E-state index in [0.29, 0.717) is 22.7 Å². The van der Waals surface area contributed by atoms with E-state index in [1.165, 1.54) is 16.5 Å². The number of carbonyl (C=O) groups excluding carboxylic acids is 2. The third-order valence-electron chi connectivity index (χ3n) is 6.68. The lowest BCUT2D eigenvalue weighted by Crippen LogP contribution is -2.41. The summed E-state index contributed by atoms with van der Waals surface area (Å²) in [6, 6.07) is 9.42. The van der Waals surface area contributed by atoms with Crippen LogP contribution in [0, 0.1) is 17.6 Å². The third-order valence-corrected chi connectivity index (χ3v) is 6.68. The van der Waals surface area contributed by atoms with Crippen molar-refractivity contribution in [1.29, 1.82) is 0 Å². The summed E-state index contributed by atoms with van der Waals surface area (Å²) in [6.07, 6.45) is 3.40. The van der Waals surface area contributed by atoms with E-state index < -0.39 is 17.2 Å². The average molecular weight is 472 g/mol. The van der Waals surface area contributed by atoms with Gasteiger partial charge in [-0.15, -0.1) is 0 Å². The Morgan fingerprint density at radius 3 is 2.38 bits per heavy atom. The fourth-order valence-electron chi connectivity index (χ4n) is 4.75. The molecule has 2 aromatic rings. The minimum absolute atomic E-state index is 0.00492. The molecule has 0 atom stereocenters. The molecule has 0 spiro atoms. The number of hydrogen-bond donors (Lipinski definition) is 3. The second kappa shape index (κ2) is 9.70. The topological polar surface area (TPSA) is 81.7 Å². The molecular weight excluding hydrogens is 440 g/mol. The Kier molecular flexibility index (Phi) is 6.89. The molecule has 4 rings (SSSR count). The van der Waals surface area contributed by atoms with Crippen molar-refractivity contribution in [1.82, 2.24) is 10.2 Å². The maximum absolute atomic E-state index is 14.0. The average Bonchev–Trinajstić information content (AvgIpc) is 3.22. The zero-order chi connectivity index (χ0) is 24.5. The molecular formula is C26H31F2N3O3. The molecule has 6 nitrogen and oxygen atoms in total. The van der Waals surface area contributed by atoms with Crippen molar-refractivity contribution < 1.29 is 23.5 Å². The van der Waals surface area contributed by atoms with Crippen LogP contribution < -0.4 is 10.6 Å². The summed E-state index contributed by atoms with van der Waals surface area (Å²) in [5.74, 6) is -0.934. The number of halogens is 2. The molecule has 3 N–H and O–H groups in total. The molecule has 1 aliphatic heterocycles. The smallest absolute Gasteiger partial charge is 0.322 e. The summed E-state index contributed by atoms with van der Waals surface area (Å²) in [4.78, 5) is 26.4. The van der Waals surface area contributed by atoms with Crippen molar-refractivity contribution >= 4 is 17.6 Å². The fourth-order valence-corrected chi connectivity index (χ4v) is 4.75. The van der Waals surface area contributed by atoms with Crippen LogP contribution in [0.4, 0.5) is 19.3 Å². The van der Waals surface area contributed by atoms with Gasteiger partial charge in [-0.05, 0) is 74.8 Å². The molecule has 3 amide bonds. The van der Waals surface area contributed by atoms with Crippen LogP contribution in [0.25, 0.3) is 0 Å². The second-order valence-electron chi connectivity index (χ2n) is 10.0. The van der Waals surface area contributed by atoms with Gasteiger partial charge in [-0.2, -0.15) is 0 Å². The third kappa shape index (κ3) is 5.73. The molecule has 0 radical (unpaired) electrons. The number of rotatable bonds is 5. The van der Waals surface area contributed by atoms with E-state index in [-0.39, 0.29) is 37.5 Å². The number of anilines is 1. The first-order chi connectivity index (χ1) is 16.1. The van der Waals surface area contributed by atoms with Crippen molar-refractivity contribution in [2.24, 2.45) is 5.92 Å². The molecule has 1 fully saturated rings. The standard InChI is InChI=1S/C26H31F2N3O3/c1-26(2,34)15-29-24(32)18-5-3-16(4-6-18)17-7-9-21(10-8-17)30-25(33)31-13-19-11-20(27)12-23(28)22(19)14-31/h7-12,16,18,34H,3-6,13-15H2,1-2H3,(H,29,32)(H,30,33). The van der Waals surface area contributed by atoms with Gasteiger partial charge in [-0.1, -0.05) is 12.1 Å². The fraction of sp³-hybridized carbons (Fsp3) is 0.462. The van der Waals surface area contributed by atoms with Gasteiger partial charge in [0, 0.05) is 36.3 Å². The zero-order valence-corrected chi connectivity index (χ0v) is 19.5. The normalized spacial score (nSPS) is 20.1. The zero-order valence-electron chi connectivity index (χ0n) is 19.5. The number of amides is 3. The molecule has 0 bridgehead atoms. The molecule has 1 aliphatic carbocycles. The van der Waals surface area contributed by atoms with Crippen LogP contribution in [0.15, 0.2) is 36.4 Å². The number of nitrogens with zero attached hydrogens (tertiary/aromatic N) is 1. The highest BCUT2D eigenvalue weighted by Crippen LogP contribution is 2.36. The van der Waals surface area contributed by atoms with E-state index in [2.05, 4.69) is 10.6 Å². The number of urea groups is 1. The Morgan fingerprint density at radius 1 is 1.06 bits per heavy atom. The van der Waals surface area contributed by atoms with Crippen molar-refractivity contribution in [3.63, 3.8) is 0 Å². The van der Waals surface area contributed by atoms with Gasteiger partial charge in [-0.3, -0.25) is 4.79 Å². The van der Waals surface area contributed by atoms with E-state index in [1.54, 1.807) is 13.8 Å². The predicted molar refractivity (Wildman–Crippen MR) is 125 cm³/mol. The lowest BCUT2D eigenvalue weighted by molar-refractivity contribution is -0.127. The van der Waals surface area contributed by atoms with E-state index in [1.807, 2.05) is 24.3 Å². The molecule has 2 aliphatic rings. The molecule has 1 saturated carbocycles. The largest absolute Gasteiger partial charge is 0.389 e. The van der Waals surface area contributed by atoms with Crippen LogP contribution in [-0.2, 0) is 17.9 Å². The quantitative estimate of drug-likeness (QED) is 0.593. The van der Waals surface area contributed by atoms with Gasteiger partial charge in [0.15, 0.2) is 0 Å². The van der Waals surface area contributed by atoms with Gasteiger partial charge in [0.1, 0.15) is 11.6 Å². The van der Waals surface area contributed by atoms with Crippen LogP contribution in [-0.4, -0.2) is 34.1 Å². The van der Waals surface area contributed by atoms with Crippen LogP contribution in [0.5, 0.6) is 0 Å². The molecule has 34 heavy (non-hydrogen) atoms. The number of benzene rings is 2. The monoisotopic (exact) mass is 471 g/mol. The first-order valence-electron chi connectivity index (χ1n) is 11.7. The van der Waals surface area contributed by atoms with Gasteiger partial charge in [0.2, 0.25) is 5.91 Å². The van der Waals surface area contributed by atoms with Crippen molar-refractivity contribution in [3.05, 3.63) is 64.7 Å². The Hall–Kier alpha value is -3.00. The van der Waals surface area contributed by atoms with Crippen LogP contribution in [0.3, 0.4) is 0 Å².